The first-order chi connectivity index (χ1) is 14.1. The van der Waals surface area contributed by atoms with Gasteiger partial charge in [-0.3, -0.25) is 19.1 Å². The van der Waals surface area contributed by atoms with E-state index in [4.69, 9.17) is 10.5 Å². The lowest BCUT2D eigenvalue weighted by Crippen LogP contribution is -2.27. The standard InChI is InChI=1S/C22H22N4O3/c23-21(27)20-14-17(24-15-19-4-3-13-29-19)9-12-26(20)22(28)16-5-7-18(8-6-16)25-10-1-2-11-25/h1-2,5-12,14,19H,3-4,13,15H2,(H2,23,27). The second kappa shape index (κ2) is 8.28. The van der Waals surface area contributed by atoms with Crippen LogP contribution >= 0.6 is 0 Å². The van der Waals surface area contributed by atoms with Crippen LogP contribution in [0.25, 0.3) is 5.69 Å². The van der Waals surface area contributed by atoms with Crippen molar-refractivity contribution in [2.24, 2.45) is 10.7 Å². The zero-order valence-electron chi connectivity index (χ0n) is 15.9. The van der Waals surface area contributed by atoms with Crippen LogP contribution in [0.15, 0.2) is 72.1 Å². The molecule has 1 fully saturated rings. The minimum Gasteiger partial charge on any atom is -0.376 e. The summed E-state index contributed by atoms with van der Waals surface area (Å²) in [6, 6.07) is 14.3. The van der Waals surface area contributed by atoms with Gasteiger partial charge in [0.2, 0.25) is 0 Å². The zero-order valence-corrected chi connectivity index (χ0v) is 15.9. The number of hydrogen-bond donors (Lipinski definition) is 1. The lowest BCUT2D eigenvalue weighted by atomic mass is 10.1. The summed E-state index contributed by atoms with van der Waals surface area (Å²) in [6.07, 6.45) is 7.53. The maximum absolute atomic E-state index is 12.9. The van der Waals surface area contributed by atoms with E-state index in [1.54, 1.807) is 24.3 Å². The van der Waals surface area contributed by atoms with E-state index in [0.29, 0.717) is 17.5 Å². The highest BCUT2D eigenvalue weighted by Crippen LogP contribution is 2.13. The van der Waals surface area contributed by atoms with Crippen molar-refractivity contribution in [1.29, 1.82) is 0 Å². The SMILES string of the molecule is NC(=O)c1cc(=NCC2CCCO2)ccn1C(=O)c1ccc(-n2cccc2)cc1. The lowest BCUT2D eigenvalue weighted by Gasteiger charge is -2.11. The van der Waals surface area contributed by atoms with Crippen LogP contribution in [0.5, 0.6) is 0 Å². The van der Waals surface area contributed by atoms with Crippen LogP contribution in [0.4, 0.5) is 0 Å². The Labute approximate surface area is 168 Å². The Morgan fingerprint density at radius 2 is 1.86 bits per heavy atom. The number of amides is 1. The maximum atomic E-state index is 12.9. The molecule has 7 heteroatoms. The fourth-order valence-corrected chi connectivity index (χ4v) is 3.37. The zero-order chi connectivity index (χ0) is 20.2. The van der Waals surface area contributed by atoms with Gasteiger partial charge in [0.1, 0.15) is 5.69 Å². The van der Waals surface area contributed by atoms with Crippen molar-refractivity contribution in [3.63, 3.8) is 0 Å². The van der Waals surface area contributed by atoms with Gasteiger partial charge in [0.25, 0.3) is 11.8 Å². The van der Waals surface area contributed by atoms with Crippen LogP contribution < -0.4 is 11.1 Å². The summed E-state index contributed by atoms with van der Waals surface area (Å²) in [5.41, 5.74) is 7.02. The molecular weight excluding hydrogens is 368 g/mol. The van der Waals surface area contributed by atoms with Gasteiger partial charge in [-0.2, -0.15) is 0 Å². The summed E-state index contributed by atoms with van der Waals surface area (Å²) in [7, 11) is 0. The molecule has 0 spiro atoms. The van der Waals surface area contributed by atoms with E-state index in [9.17, 15) is 9.59 Å². The third-order valence-electron chi connectivity index (χ3n) is 4.93. The van der Waals surface area contributed by atoms with Crippen molar-refractivity contribution < 1.29 is 14.3 Å². The fraction of sp³-hybridized carbons (Fsp3) is 0.227. The summed E-state index contributed by atoms with van der Waals surface area (Å²) in [5, 5.41) is 0.598. The fourth-order valence-electron chi connectivity index (χ4n) is 3.37. The van der Waals surface area contributed by atoms with Crippen molar-refractivity contribution in [3.05, 3.63) is 83.7 Å². The predicted octanol–water partition coefficient (Wildman–Crippen LogP) is 2.15. The number of rotatable bonds is 5. The number of nitrogens with two attached hydrogens (primary N) is 1. The molecule has 1 amide bonds. The third kappa shape index (κ3) is 4.20. The highest BCUT2D eigenvalue weighted by atomic mass is 16.5. The molecule has 3 heterocycles. The lowest BCUT2D eigenvalue weighted by molar-refractivity contribution is 0.0920. The highest BCUT2D eigenvalue weighted by molar-refractivity contribution is 6.02. The van der Waals surface area contributed by atoms with E-state index in [2.05, 4.69) is 4.99 Å². The summed E-state index contributed by atoms with van der Waals surface area (Å²) in [4.78, 5) is 29.4. The number of nitrogens with zero attached hydrogens (tertiary/aromatic N) is 3. The Morgan fingerprint density at radius 1 is 1.10 bits per heavy atom. The van der Waals surface area contributed by atoms with Crippen molar-refractivity contribution in [3.8, 4) is 5.69 Å². The first-order valence-electron chi connectivity index (χ1n) is 9.54. The van der Waals surface area contributed by atoms with Crippen LogP contribution in [0, 0.1) is 0 Å². The van der Waals surface area contributed by atoms with E-state index in [-0.39, 0.29) is 17.7 Å². The van der Waals surface area contributed by atoms with E-state index >= 15 is 0 Å². The smallest absolute Gasteiger partial charge is 0.265 e. The van der Waals surface area contributed by atoms with Crippen LogP contribution in [-0.4, -0.2) is 40.2 Å². The van der Waals surface area contributed by atoms with Gasteiger partial charge >= 0.3 is 0 Å². The Bertz CT molecular complexity index is 1080. The monoisotopic (exact) mass is 390 g/mol. The first-order valence-corrected chi connectivity index (χ1v) is 9.54. The summed E-state index contributed by atoms with van der Waals surface area (Å²) >= 11 is 0. The van der Waals surface area contributed by atoms with Crippen LogP contribution in [0.1, 0.15) is 33.7 Å². The van der Waals surface area contributed by atoms with Gasteiger partial charge in [0.15, 0.2) is 0 Å². The van der Waals surface area contributed by atoms with Gasteiger partial charge in [0, 0.05) is 36.4 Å². The molecule has 1 atom stereocenters. The van der Waals surface area contributed by atoms with E-state index in [1.807, 2.05) is 41.2 Å². The van der Waals surface area contributed by atoms with E-state index in [1.165, 1.54) is 10.8 Å². The number of ether oxygens (including phenoxy) is 1. The van der Waals surface area contributed by atoms with Gasteiger partial charge in [0.05, 0.1) is 18.0 Å². The highest BCUT2D eigenvalue weighted by Gasteiger charge is 2.16. The topological polar surface area (TPSA) is 91.6 Å². The van der Waals surface area contributed by atoms with Crippen molar-refractivity contribution >= 4 is 11.8 Å². The molecular formula is C22H22N4O3. The number of carbonyl (C=O) groups excluding carboxylic acids is 2. The predicted molar refractivity (Wildman–Crippen MR) is 108 cm³/mol. The minimum atomic E-state index is -0.684. The number of benzene rings is 1. The minimum absolute atomic E-state index is 0.0954. The molecule has 1 aliphatic rings. The molecule has 7 nitrogen and oxygen atoms in total. The largest absolute Gasteiger partial charge is 0.376 e. The van der Waals surface area contributed by atoms with Gasteiger partial charge in [-0.1, -0.05) is 0 Å². The van der Waals surface area contributed by atoms with Crippen molar-refractivity contribution in [1.82, 2.24) is 9.13 Å². The number of carbonyl (C=O) groups is 2. The molecule has 2 N–H and O–H groups in total. The van der Waals surface area contributed by atoms with Crippen LogP contribution in [0.2, 0.25) is 0 Å². The van der Waals surface area contributed by atoms with Crippen molar-refractivity contribution in [2.45, 2.75) is 18.9 Å². The molecule has 0 aliphatic carbocycles. The molecule has 3 aromatic rings. The Balaban J connectivity index is 1.60. The number of primary amides is 1. The normalized spacial score (nSPS) is 16.8. The third-order valence-corrected chi connectivity index (χ3v) is 4.93. The summed E-state index contributed by atoms with van der Waals surface area (Å²) < 4.78 is 8.77. The molecule has 1 aromatic carbocycles. The molecule has 0 saturated carbocycles. The average molecular weight is 390 g/mol. The second-order valence-electron chi connectivity index (χ2n) is 6.92. The number of hydrogen-bond acceptors (Lipinski definition) is 4. The van der Waals surface area contributed by atoms with E-state index < -0.39 is 5.91 Å². The molecule has 0 bridgehead atoms. The molecule has 1 aliphatic heterocycles. The molecule has 29 heavy (non-hydrogen) atoms. The van der Waals surface area contributed by atoms with E-state index in [0.717, 1.165) is 25.1 Å². The van der Waals surface area contributed by atoms with Gasteiger partial charge < -0.3 is 15.0 Å². The number of aromatic nitrogens is 2. The number of pyridine rings is 1. The second-order valence-corrected chi connectivity index (χ2v) is 6.92. The quantitative estimate of drug-likeness (QED) is 0.724. The molecule has 148 valence electrons. The van der Waals surface area contributed by atoms with Gasteiger partial charge in [-0.15, -0.1) is 0 Å². The molecule has 2 aromatic heterocycles. The van der Waals surface area contributed by atoms with Gasteiger partial charge in [-0.25, -0.2) is 0 Å². The summed E-state index contributed by atoms with van der Waals surface area (Å²) in [6.45, 7) is 1.29. The Kier molecular flexibility index (Phi) is 5.39. The van der Waals surface area contributed by atoms with Crippen LogP contribution in [0.3, 0.4) is 0 Å². The average Bonchev–Trinajstić information content (AvgIpc) is 3.46. The van der Waals surface area contributed by atoms with Gasteiger partial charge in [-0.05, 0) is 61.4 Å². The van der Waals surface area contributed by atoms with Crippen LogP contribution in [-0.2, 0) is 4.74 Å². The molecule has 1 unspecified atom stereocenters. The van der Waals surface area contributed by atoms with Crippen molar-refractivity contribution in [2.75, 3.05) is 13.2 Å². The summed E-state index contributed by atoms with van der Waals surface area (Å²) in [5.74, 6) is -1.01. The molecule has 4 rings (SSSR count). The maximum Gasteiger partial charge on any atom is 0.265 e. The Morgan fingerprint density at radius 3 is 2.52 bits per heavy atom. The Hall–Kier alpha value is -3.45. The first kappa shape index (κ1) is 18.9. The molecule has 1 saturated heterocycles. The molecule has 0 radical (unpaired) electrons.